The van der Waals surface area contributed by atoms with Gasteiger partial charge in [0.05, 0.1) is 6.33 Å². The van der Waals surface area contributed by atoms with Crippen molar-refractivity contribution in [2.24, 2.45) is 7.05 Å². The molecule has 1 unspecified atom stereocenters. The lowest BCUT2D eigenvalue weighted by Gasteiger charge is -2.31. The molecule has 0 bridgehead atoms. The number of imidazole rings is 1. The first-order valence-electron chi connectivity index (χ1n) is 8.08. The number of piperidine rings is 1. The minimum absolute atomic E-state index is 0.0586. The third kappa shape index (κ3) is 2.84. The number of hydrogen-bond acceptors (Lipinski definition) is 5. The molecule has 7 heteroatoms. The van der Waals surface area contributed by atoms with E-state index >= 15 is 0 Å². The van der Waals surface area contributed by atoms with Gasteiger partial charge in [-0.2, -0.15) is 4.98 Å². The van der Waals surface area contributed by atoms with Crippen LogP contribution in [-0.2, 0) is 7.05 Å². The number of anilines is 1. The predicted molar refractivity (Wildman–Crippen MR) is 89.9 cm³/mol. The number of nitrogens with zero attached hydrogens (tertiary/aromatic N) is 4. The Kier molecular flexibility index (Phi) is 3.68. The van der Waals surface area contributed by atoms with Gasteiger partial charge < -0.3 is 19.2 Å². The van der Waals surface area contributed by atoms with E-state index in [1.54, 1.807) is 17.1 Å². The number of aromatic nitrogens is 3. The van der Waals surface area contributed by atoms with Crippen molar-refractivity contribution < 1.29 is 9.21 Å². The minimum atomic E-state index is -0.139. The van der Waals surface area contributed by atoms with Crippen molar-refractivity contribution in [1.82, 2.24) is 19.9 Å². The van der Waals surface area contributed by atoms with Crippen LogP contribution in [-0.4, -0.2) is 39.6 Å². The van der Waals surface area contributed by atoms with Crippen molar-refractivity contribution in [2.75, 3.05) is 18.0 Å². The van der Waals surface area contributed by atoms with E-state index < -0.39 is 0 Å². The smallest absolute Gasteiger partial charge is 0.298 e. The number of benzene rings is 1. The molecule has 0 aliphatic carbocycles. The van der Waals surface area contributed by atoms with E-state index in [0.717, 1.165) is 30.5 Å². The van der Waals surface area contributed by atoms with E-state index in [4.69, 9.17) is 4.42 Å². The lowest BCUT2D eigenvalue weighted by molar-refractivity contribution is 0.0928. The molecule has 7 nitrogen and oxygen atoms in total. The van der Waals surface area contributed by atoms with Gasteiger partial charge in [0.25, 0.3) is 11.9 Å². The van der Waals surface area contributed by atoms with Gasteiger partial charge in [-0.1, -0.05) is 12.1 Å². The van der Waals surface area contributed by atoms with Crippen LogP contribution in [0.15, 0.2) is 41.2 Å². The highest BCUT2D eigenvalue weighted by atomic mass is 16.4. The number of amides is 1. The van der Waals surface area contributed by atoms with Crippen LogP contribution < -0.4 is 10.2 Å². The maximum Gasteiger partial charge on any atom is 0.298 e. The van der Waals surface area contributed by atoms with Crippen LogP contribution >= 0.6 is 0 Å². The fourth-order valence-electron chi connectivity index (χ4n) is 3.05. The Labute approximate surface area is 139 Å². The van der Waals surface area contributed by atoms with Gasteiger partial charge in [0.2, 0.25) is 0 Å². The average molecular weight is 325 g/mol. The number of carbonyl (C=O) groups excluding carboxylic acids is 1. The van der Waals surface area contributed by atoms with Gasteiger partial charge >= 0.3 is 0 Å². The first kappa shape index (κ1) is 14.7. The molecule has 1 aliphatic heterocycles. The number of nitrogens with one attached hydrogen (secondary N) is 1. The van der Waals surface area contributed by atoms with Crippen LogP contribution in [0, 0.1) is 0 Å². The fourth-order valence-corrected chi connectivity index (χ4v) is 3.05. The summed E-state index contributed by atoms with van der Waals surface area (Å²) in [7, 11) is 1.85. The SMILES string of the molecule is Cn1cnc(C(=O)NC2CCCN(c3nc4ccccc4o3)C2)c1. The minimum Gasteiger partial charge on any atom is -0.423 e. The average Bonchev–Trinajstić information content (AvgIpc) is 3.21. The Hall–Kier alpha value is -2.83. The highest BCUT2D eigenvalue weighted by Gasteiger charge is 2.25. The van der Waals surface area contributed by atoms with E-state index in [1.807, 2.05) is 31.3 Å². The first-order chi connectivity index (χ1) is 11.7. The third-order valence-electron chi connectivity index (χ3n) is 4.25. The molecule has 0 saturated carbocycles. The highest BCUT2D eigenvalue weighted by molar-refractivity contribution is 5.92. The Balaban J connectivity index is 1.46. The number of para-hydroxylation sites is 2. The summed E-state index contributed by atoms with van der Waals surface area (Å²) in [6.45, 7) is 1.56. The summed E-state index contributed by atoms with van der Waals surface area (Å²) < 4.78 is 7.60. The van der Waals surface area contributed by atoms with Crippen molar-refractivity contribution in [3.63, 3.8) is 0 Å². The monoisotopic (exact) mass is 325 g/mol. The Morgan fingerprint density at radius 3 is 3.04 bits per heavy atom. The molecule has 1 saturated heterocycles. The Bertz CT molecular complexity index is 836. The summed E-state index contributed by atoms with van der Waals surface area (Å²) in [5.41, 5.74) is 2.08. The zero-order valence-corrected chi connectivity index (χ0v) is 13.5. The quantitative estimate of drug-likeness (QED) is 0.796. The van der Waals surface area contributed by atoms with Crippen LogP contribution in [0.4, 0.5) is 6.01 Å². The molecule has 0 radical (unpaired) electrons. The summed E-state index contributed by atoms with van der Waals surface area (Å²) in [6, 6.07) is 8.41. The third-order valence-corrected chi connectivity index (χ3v) is 4.25. The molecule has 1 aliphatic rings. The standard InChI is InChI=1S/C17H19N5O2/c1-21-10-14(18-11-21)16(23)19-12-5-4-8-22(9-12)17-20-13-6-2-3-7-15(13)24-17/h2-3,6-7,10-12H,4-5,8-9H2,1H3,(H,19,23). The number of oxazole rings is 1. The normalized spacial score (nSPS) is 18.0. The Morgan fingerprint density at radius 2 is 2.25 bits per heavy atom. The van der Waals surface area contributed by atoms with Crippen molar-refractivity contribution in [3.8, 4) is 0 Å². The van der Waals surface area contributed by atoms with E-state index in [1.165, 1.54) is 0 Å². The summed E-state index contributed by atoms with van der Waals surface area (Å²) >= 11 is 0. The molecule has 2 aromatic heterocycles. The molecule has 1 amide bonds. The van der Waals surface area contributed by atoms with E-state index in [2.05, 4.69) is 20.2 Å². The second-order valence-corrected chi connectivity index (χ2v) is 6.15. The van der Waals surface area contributed by atoms with Gasteiger partial charge in [0, 0.05) is 32.4 Å². The van der Waals surface area contributed by atoms with Gasteiger partial charge in [-0.05, 0) is 25.0 Å². The van der Waals surface area contributed by atoms with Crippen molar-refractivity contribution in [2.45, 2.75) is 18.9 Å². The lowest BCUT2D eigenvalue weighted by atomic mass is 10.1. The molecule has 1 fully saturated rings. The van der Waals surface area contributed by atoms with E-state index in [0.29, 0.717) is 18.3 Å². The van der Waals surface area contributed by atoms with Crippen LogP contribution in [0.2, 0.25) is 0 Å². The molecule has 3 heterocycles. The second kappa shape index (κ2) is 5.99. The van der Waals surface area contributed by atoms with Crippen molar-refractivity contribution in [3.05, 3.63) is 42.5 Å². The number of fused-ring (bicyclic) bond motifs is 1. The molecule has 1 N–H and O–H groups in total. The van der Waals surface area contributed by atoms with Crippen molar-refractivity contribution in [1.29, 1.82) is 0 Å². The van der Waals surface area contributed by atoms with Crippen LogP contribution in [0.3, 0.4) is 0 Å². The molecular weight excluding hydrogens is 306 g/mol. The molecule has 4 rings (SSSR count). The molecule has 3 aromatic rings. The maximum atomic E-state index is 12.3. The summed E-state index contributed by atoms with van der Waals surface area (Å²) in [5, 5.41) is 3.06. The largest absolute Gasteiger partial charge is 0.423 e. The zero-order chi connectivity index (χ0) is 16.5. The number of aryl methyl sites for hydroxylation is 1. The summed E-state index contributed by atoms with van der Waals surface area (Å²) in [4.78, 5) is 23.0. The molecular formula is C17H19N5O2. The zero-order valence-electron chi connectivity index (χ0n) is 13.5. The topological polar surface area (TPSA) is 76.2 Å². The van der Waals surface area contributed by atoms with Crippen LogP contribution in [0.1, 0.15) is 23.3 Å². The summed E-state index contributed by atoms with van der Waals surface area (Å²) in [5.74, 6) is -0.139. The van der Waals surface area contributed by atoms with Gasteiger partial charge in [-0.25, -0.2) is 4.98 Å². The number of carbonyl (C=O) groups is 1. The fraction of sp³-hybridized carbons (Fsp3) is 0.353. The Morgan fingerprint density at radius 1 is 1.38 bits per heavy atom. The molecule has 1 atom stereocenters. The predicted octanol–water partition coefficient (Wildman–Crippen LogP) is 1.96. The van der Waals surface area contributed by atoms with E-state index in [-0.39, 0.29) is 11.9 Å². The molecule has 1 aromatic carbocycles. The van der Waals surface area contributed by atoms with Crippen LogP contribution in [0.25, 0.3) is 11.1 Å². The van der Waals surface area contributed by atoms with Gasteiger partial charge in [0.1, 0.15) is 11.2 Å². The number of rotatable bonds is 3. The van der Waals surface area contributed by atoms with Crippen molar-refractivity contribution >= 4 is 23.0 Å². The highest BCUT2D eigenvalue weighted by Crippen LogP contribution is 2.24. The molecule has 124 valence electrons. The second-order valence-electron chi connectivity index (χ2n) is 6.15. The lowest BCUT2D eigenvalue weighted by Crippen LogP contribution is -2.48. The van der Waals surface area contributed by atoms with Gasteiger partial charge in [-0.15, -0.1) is 0 Å². The summed E-state index contributed by atoms with van der Waals surface area (Å²) in [6.07, 6.45) is 5.26. The first-order valence-corrected chi connectivity index (χ1v) is 8.08. The van der Waals surface area contributed by atoms with Gasteiger partial charge in [0.15, 0.2) is 5.58 Å². The molecule has 0 spiro atoms. The van der Waals surface area contributed by atoms with Gasteiger partial charge in [-0.3, -0.25) is 4.79 Å². The number of hydrogen-bond donors (Lipinski definition) is 1. The van der Waals surface area contributed by atoms with Crippen LogP contribution in [0.5, 0.6) is 0 Å². The molecule has 24 heavy (non-hydrogen) atoms. The van der Waals surface area contributed by atoms with E-state index in [9.17, 15) is 4.79 Å². The maximum absolute atomic E-state index is 12.3.